The first-order chi connectivity index (χ1) is 45.9. The van der Waals surface area contributed by atoms with E-state index < -0.39 is 17.6 Å². The minimum Gasteiger partial charge on any atom is -0.478 e. The number of ether oxygens (including phenoxy) is 1. The Bertz CT molecular complexity index is 5110. The highest BCUT2D eigenvalue weighted by Crippen LogP contribution is 2.35. The summed E-state index contributed by atoms with van der Waals surface area (Å²) in [5, 5.41) is 10.5. The van der Waals surface area contributed by atoms with E-state index in [0.29, 0.717) is 68.9 Å². The lowest BCUT2D eigenvalue weighted by Gasteiger charge is -2.06. The number of hydrogen-bond donors (Lipinski definition) is 1. The number of carbonyl (C=O) groups excluding carboxylic acids is 2. The van der Waals surface area contributed by atoms with E-state index in [0.717, 1.165) is 70.3 Å². The van der Waals surface area contributed by atoms with E-state index in [1.807, 2.05) is 129 Å². The number of rotatable bonds is 13. The molecule has 19 heteroatoms. The van der Waals surface area contributed by atoms with Crippen LogP contribution in [-0.4, -0.2) is 47.0 Å². The maximum Gasteiger partial charge on any atom is 0.338 e. The fourth-order valence-corrected chi connectivity index (χ4v) is 13.1. The lowest BCUT2D eigenvalue weighted by atomic mass is 10.0. The first kappa shape index (κ1) is 77.2. The molecule has 0 unspecified atom stereocenters. The quantitative estimate of drug-likeness (QED) is 0.0704. The highest BCUT2D eigenvalue weighted by molar-refractivity contribution is 9.11. The largest absolute Gasteiger partial charge is 0.478 e. The van der Waals surface area contributed by atoms with Gasteiger partial charge >= 0.3 is 11.9 Å². The van der Waals surface area contributed by atoms with Gasteiger partial charge in [0.15, 0.2) is 0 Å². The van der Waals surface area contributed by atoms with Crippen molar-refractivity contribution in [2.45, 2.75) is 55.9 Å². The molecule has 0 atom stereocenters. The zero-order valence-electron chi connectivity index (χ0n) is 50.1. The Morgan fingerprint density at radius 3 is 1.17 bits per heavy atom. The third-order valence-electron chi connectivity index (χ3n) is 15.7. The molecule has 99 heavy (non-hydrogen) atoms. The molecule has 0 radical (unpaired) electrons. The van der Waals surface area contributed by atoms with Gasteiger partial charge in [-0.05, 0) is 196 Å². The Kier molecular flexibility index (Phi) is 26.9. The average molecular weight is 1540 g/mol. The second-order valence-corrected chi connectivity index (χ2v) is 24.9. The summed E-state index contributed by atoms with van der Waals surface area (Å²) in [6.45, 7) is 2.12. The normalized spacial score (nSPS) is 10.6. The summed E-state index contributed by atoms with van der Waals surface area (Å²) in [6, 6.07) is 63.3. The van der Waals surface area contributed by atoms with Gasteiger partial charge in [0, 0.05) is 113 Å². The molecule has 0 bridgehead atoms. The fraction of sp³-hybridized carbons (Fsp3) is 0.113. The van der Waals surface area contributed by atoms with Crippen LogP contribution in [0.5, 0.6) is 0 Å². The summed E-state index contributed by atoms with van der Waals surface area (Å²) in [5.41, 5.74) is 13.0. The Balaban J connectivity index is 0.000000186. The molecule has 0 saturated carbocycles. The van der Waals surface area contributed by atoms with Gasteiger partial charge in [0.05, 0.1) is 56.1 Å². The number of aromatic nitrogens is 4. The summed E-state index contributed by atoms with van der Waals surface area (Å²) in [7, 11) is 0. The standard InChI is InChI=1S/C24H19ClFNO2.C22H15ClFNO2.C15H8BrClFNO.C15H10BrClFN.4CH4/c1-2-29-24(28)17-11-9-16(10-12-17)19-14-18(27-13-4-3-8-23(19)27)15-20-21(25)6-5-7-22(20)26;23-19-4-3-5-20(24)18(19)13-16-12-17(21-6-1-2-11-25(16)21)14-7-9-15(10-8-14)22(26)27;16-9-8-13(19-7-2-1-6-12(9)19)15(20)14-10(17)4-3-5-11(14)18;16-12-9-10(19-7-2-1-6-15(12)19)8-11-13(17)4-3-5-14(11)18;;;;/h3-14H,2,15H2,1H3;1-12H,13H2,(H,26,27);1-8H;1-7,9H,8H2;4*1H4. The minimum atomic E-state index is -0.960. The second-order valence-electron chi connectivity index (χ2n) is 21.5. The van der Waals surface area contributed by atoms with Gasteiger partial charge in [-0.1, -0.05) is 149 Å². The molecule has 0 aliphatic carbocycles. The predicted octanol–water partition coefficient (Wildman–Crippen LogP) is 24.2. The molecule has 508 valence electrons. The van der Waals surface area contributed by atoms with Crippen molar-refractivity contribution in [2.75, 3.05) is 6.61 Å². The van der Waals surface area contributed by atoms with Crippen molar-refractivity contribution in [1.29, 1.82) is 0 Å². The maximum absolute atomic E-state index is 14.3. The van der Waals surface area contributed by atoms with Crippen molar-refractivity contribution in [1.82, 2.24) is 17.6 Å². The molecule has 14 aromatic rings. The van der Waals surface area contributed by atoms with Gasteiger partial charge in [-0.2, -0.15) is 0 Å². The van der Waals surface area contributed by atoms with Crippen LogP contribution in [0.15, 0.2) is 252 Å². The van der Waals surface area contributed by atoms with Gasteiger partial charge in [-0.3, -0.25) is 4.79 Å². The number of benzene rings is 6. The molecule has 0 fully saturated rings. The lowest BCUT2D eigenvalue weighted by molar-refractivity contribution is 0.0525. The Morgan fingerprint density at radius 2 is 0.768 bits per heavy atom. The Hall–Kier alpha value is -9.19. The highest BCUT2D eigenvalue weighted by Gasteiger charge is 2.23. The fourth-order valence-electron chi connectivity index (χ4n) is 11.1. The molecule has 0 amide bonds. The predicted molar refractivity (Wildman–Crippen MR) is 403 cm³/mol. The van der Waals surface area contributed by atoms with E-state index in [1.165, 1.54) is 36.4 Å². The second kappa shape index (κ2) is 34.5. The monoisotopic (exact) mass is 1540 g/mol. The molecule has 0 saturated heterocycles. The first-order valence-electron chi connectivity index (χ1n) is 29.5. The van der Waals surface area contributed by atoms with Crippen LogP contribution in [-0.2, 0) is 24.0 Å². The van der Waals surface area contributed by atoms with Crippen LogP contribution in [0.3, 0.4) is 0 Å². The van der Waals surface area contributed by atoms with Gasteiger partial charge in [0.2, 0.25) is 5.78 Å². The zero-order chi connectivity index (χ0) is 67.0. The number of nitrogens with zero attached hydrogens (tertiary/aromatic N) is 4. The van der Waals surface area contributed by atoms with E-state index in [1.54, 1.807) is 102 Å². The average Bonchev–Trinajstić information content (AvgIpc) is 1.65. The van der Waals surface area contributed by atoms with E-state index >= 15 is 0 Å². The summed E-state index contributed by atoms with van der Waals surface area (Å²) in [4.78, 5) is 35.5. The number of carboxylic acids is 1. The van der Waals surface area contributed by atoms with Crippen molar-refractivity contribution in [3.05, 3.63) is 352 Å². The van der Waals surface area contributed by atoms with Gasteiger partial charge < -0.3 is 27.4 Å². The number of esters is 1. The van der Waals surface area contributed by atoms with Crippen LogP contribution in [0, 0.1) is 23.3 Å². The highest BCUT2D eigenvalue weighted by atomic mass is 79.9. The molecule has 6 aromatic carbocycles. The summed E-state index contributed by atoms with van der Waals surface area (Å²) in [6.07, 6.45) is 8.78. The zero-order valence-corrected chi connectivity index (χ0v) is 56.3. The van der Waals surface area contributed by atoms with E-state index in [-0.39, 0.29) is 69.3 Å². The lowest BCUT2D eigenvalue weighted by Crippen LogP contribution is -2.08. The number of fused-ring (bicyclic) bond motifs is 4. The molecule has 1 N–H and O–H groups in total. The Morgan fingerprint density at radius 1 is 0.414 bits per heavy atom. The van der Waals surface area contributed by atoms with Crippen LogP contribution in [0.4, 0.5) is 17.6 Å². The topological polar surface area (TPSA) is 98.3 Å². The van der Waals surface area contributed by atoms with Crippen LogP contribution >= 0.6 is 78.3 Å². The molecule has 0 spiro atoms. The number of carbonyl (C=O) groups is 3. The molecular weight excluding hydrogens is 1470 g/mol. The van der Waals surface area contributed by atoms with Crippen molar-refractivity contribution < 1.29 is 41.8 Å². The Labute approximate surface area is 609 Å². The van der Waals surface area contributed by atoms with Gasteiger partial charge in [-0.25, -0.2) is 27.2 Å². The molecule has 8 aromatic heterocycles. The molecular formula is C80H68Br2Cl4F4N4O5. The third kappa shape index (κ3) is 17.1. The van der Waals surface area contributed by atoms with Gasteiger partial charge in [0.25, 0.3) is 0 Å². The first-order valence-corrected chi connectivity index (χ1v) is 32.5. The van der Waals surface area contributed by atoms with Crippen LogP contribution in [0.2, 0.25) is 20.1 Å². The van der Waals surface area contributed by atoms with Crippen molar-refractivity contribution >= 4 is 118 Å². The van der Waals surface area contributed by atoms with Crippen LogP contribution in [0.1, 0.15) is 107 Å². The van der Waals surface area contributed by atoms with Crippen LogP contribution < -0.4 is 0 Å². The number of hydrogen-bond acceptors (Lipinski definition) is 4. The summed E-state index contributed by atoms with van der Waals surface area (Å²) >= 11 is 31.4. The van der Waals surface area contributed by atoms with E-state index in [2.05, 4.69) is 31.9 Å². The number of pyridine rings is 4. The van der Waals surface area contributed by atoms with Gasteiger partial charge in [0.1, 0.15) is 23.3 Å². The maximum atomic E-state index is 14.3. The van der Waals surface area contributed by atoms with E-state index in [9.17, 15) is 31.9 Å². The molecule has 14 rings (SSSR count). The number of aromatic carboxylic acids is 1. The van der Waals surface area contributed by atoms with Crippen molar-refractivity contribution in [3.63, 3.8) is 0 Å². The van der Waals surface area contributed by atoms with Crippen LogP contribution in [0.25, 0.3) is 44.3 Å². The molecule has 0 aliphatic heterocycles. The summed E-state index contributed by atoms with van der Waals surface area (Å²) < 4.78 is 70.8. The SMILES string of the molecule is C.C.C.C.CCOC(=O)c1ccc(-c2cc(Cc3c(F)cccc3Cl)n3ccccc23)cc1.Fc1cccc(Cl)c1Cc1cc(Br)c2ccccn12.O=C(O)c1ccc(-c2cc(Cc3c(F)cccc3Cl)n3ccccc23)cc1.O=C(c1c(F)cccc1Cl)c1cc(Br)c2ccccn12. The van der Waals surface area contributed by atoms with Gasteiger partial charge in [-0.15, -0.1) is 0 Å². The summed E-state index contributed by atoms with van der Waals surface area (Å²) in [5.74, 6) is -3.28. The van der Waals surface area contributed by atoms with E-state index in [4.69, 9.17) is 56.2 Å². The number of carboxylic acid groups (broad SMARTS) is 1. The third-order valence-corrected chi connectivity index (χ3v) is 18.3. The van der Waals surface area contributed by atoms with Crippen molar-refractivity contribution in [3.8, 4) is 22.3 Å². The molecule has 8 heterocycles. The number of ketones is 1. The molecule has 0 aliphatic rings. The smallest absolute Gasteiger partial charge is 0.338 e. The number of halogens is 10. The minimum absolute atomic E-state index is 0. The molecule has 9 nitrogen and oxygen atoms in total. The van der Waals surface area contributed by atoms with Crippen molar-refractivity contribution in [2.24, 2.45) is 0 Å².